The zero-order chi connectivity index (χ0) is 14.0. The Bertz CT molecular complexity index is 583. The van der Waals surface area contributed by atoms with Crippen LogP contribution in [0.5, 0.6) is 0 Å². The van der Waals surface area contributed by atoms with Crippen molar-refractivity contribution < 1.29 is 5.11 Å². The lowest BCUT2D eigenvalue weighted by Crippen LogP contribution is -2.10. The summed E-state index contributed by atoms with van der Waals surface area (Å²) in [6.45, 7) is 4.86. The SMILES string of the molecule is CC(C)Cn1c(CO)nnc1-c1ccc(Cl)cc1Br. The van der Waals surface area contributed by atoms with Gasteiger partial charge in [0.15, 0.2) is 11.6 Å². The summed E-state index contributed by atoms with van der Waals surface area (Å²) in [5.41, 5.74) is 0.914. The van der Waals surface area contributed by atoms with Gasteiger partial charge in [0.05, 0.1) is 0 Å². The maximum Gasteiger partial charge on any atom is 0.165 e. The third-order valence-electron chi connectivity index (χ3n) is 2.69. The fraction of sp³-hybridized carbons (Fsp3) is 0.385. The van der Waals surface area contributed by atoms with Gasteiger partial charge in [-0.2, -0.15) is 0 Å². The van der Waals surface area contributed by atoms with Gasteiger partial charge in [-0.1, -0.05) is 25.4 Å². The Morgan fingerprint density at radius 1 is 1.37 bits per heavy atom. The average molecular weight is 345 g/mol. The normalized spacial score (nSPS) is 11.3. The van der Waals surface area contributed by atoms with E-state index in [9.17, 15) is 5.11 Å². The average Bonchev–Trinajstić information content (AvgIpc) is 2.71. The summed E-state index contributed by atoms with van der Waals surface area (Å²) < 4.78 is 2.81. The minimum absolute atomic E-state index is 0.120. The van der Waals surface area contributed by atoms with E-state index >= 15 is 0 Å². The summed E-state index contributed by atoms with van der Waals surface area (Å²) in [5, 5.41) is 18.2. The highest BCUT2D eigenvalue weighted by Crippen LogP contribution is 2.30. The van der Waals surface area contributed by atoms with E-state index < -0.39 is 0 Å². The van der Waals surface area contributed by atoms with Crippen LogP contribution in [0.1, 0.15) is 19.7 Å². The molecule has 6 heteroatoms. The van der Waals surface area contributed by atoms with Gasteiger partial charge < -0.3 is 9.67 Å². The molecule has 0 aliphatic rings. The number of hydrogen-bond donors (Lipinski definition) is 1. The minimum Gasteiger partial charge on any atom is -0.388 e. The predicted molar refractivity (Wildman–Crippen MR) is 78.9 cm³/mol. The van der Waals surface area contributed by atoms with Gasteiger partial charge in [-0.05, 0) is 40.0 Å². The van der Waals surface area contributed by atoms with Crippen LogP contribution in [0.2, 0.25) is 5.02 Å². The van der Waals surface area contributed by atoms with Crippen molar-refractivity contribution >= 4 is 27.5 Å². The second-order valence-corrected chi connectivity index (χ2v) is 6.02. The molecule has 0 aliphatic heterocycles. The lowest BCUT2D eigenvalue weighted by molar-refractivity contribution is 0.262. The molecule has 0 unspecified atom stereocenters. The molecule has 1 N–H and O–H groups in total. The van der Waals surface area contributed by atoms with E-state index in [0.29, 0.717) is 16.8 Å². The van der Waals surface area contributed by atoms with Gasteiger partial charge in [-0.3, -0.25) is 0 Å². The van der Waals surface area contributed by atoms with Crippen LogP contribution < -0.4 is 0 Å². The molecule has 19 heavy (non-hydrogen) atoms. The van der Waals surface area contributed by atoms with Crippen LogP contribution in [0.4, 0.5) is 0 Å². The van der Waals surface area contributed by atoms with Gasteiger partial charge in [-0.25, -0.2) is 0 Å². The Hall–Kier alpha value is -0.910. The number of nitrogens with zero attached hydrogens (tertiary/aromatic N) is 3. The van der Waals surface area contributed by atoms with Crippen molar-refractivity contribution in [2.75, 3.05) is 0 Å². The molecule has 0 spiro atoms. The highest BCUT2D eigenvalue weighted by Gasteiger charge is 2.16. The highest BCUT2D eigenvalue weighted by molar-refractivity contribution is 9.10. The number of aromatic nitrogens is 3. The molecular weight excluding hydrogens is 330 g/mol. The van der Waals surface area contributed by atoms with E-state index in [1.165, 1.54) is 0 Å². The second-order valence-electron chi connectivity index (χ2n) is 4.73. The van der Waals surface area contributed by atoms with Crippen LogP contribution in [0, 0.1) is 5.92 Å². The Kier molecular flexibility index (Phi) is 4.60. The van der Waals surface area contributed by atoms with Crippen molar-refractivity contribution in [1.29, 1.82) is 0 Å². The number of hydrogen-bond acceptors (Lipinski definition) is 3. The van der Waals surface area contributed by atoms with E-state index in [1.54, 1.807) is 0 Å². The smallest absolute Gasteiger partial charge is 0.165 e. The van der Waals surface area contributed by atoms with Gasteiger partial charge in [0.2, 0.25) is 0 Å². The summed E-state index contributed by atoms with van der Waals surface area (Å²) in [6, 6.07) is 5.53. The maximum atomic E-state index is 9.35. The van der Waals surface area contributed by atoms with Crippen molar-refractivity contribution in [3.63, 3.8) is 0 Å². The fourth-order valence-electron chi connectivity index (χ4n) is 1.88. The molecule has 0 saturated carbocycles. The van der Waals surface area contributed by atoms with Crippen molar-refractivity contribution in [2.45, 2.75) is 27.0 Å². The summed E-state index contributed by atoms with van der Waals surface area (Å²) in [7, 11) is 0. The number of halogens is 2. The first-order valence-electron chi connectivity index (χ1n) is 6.01. The number of aliphatic hydroxyl groups is 1. The van der Waals surface area contributed by atoms with E-state index in [1.807, 2.05) is 22.8 Å². The lowest BCUT2D eigenvalue weighted by Gasteiger charge is -2.12. The first kappa shape index (κ1) is 14.5. The van der Waals surface area contributed by atoms with Crippen LogP contribution in [0.15, 0.2) is 22.7 Å². The summed E-state index contributed by atoms with van der Waals surface area (Å²) in [6.07, 6.45) is 0. The van der Waals surface area contributed by atoms with E-state index in [-0.39, 0.29) is 6.61 Å². The third-order valence-corrected chi connectivity index (χ3v) is 3.58. The summed E-state index contributed by atoms with van der Waals surface area (Å²) in [5.74, 6) is 1.75. The van der Waals surface area contributed by atoms with E-state index in [0.717, 1.165) is 22.4 Å². The van der Waals surface area contributed by atoms with Gasteiger partial charge in [0.25, 0.3) is 0 Å². The molecule has 2 rings (SSSR count). The van der Waals surface area contributed by atoms with Crippen LogP contribution in [0.25, 0.3) is 11.4 Å². The van der Waals surface area contributed by atoms with Crippen LogP contribution >= 0.6 is 27.5 Å². The first-order chi connectivity index (χ1) is 9.02. The quantitative estimate of drug-likeness (QED) is 0.923. The molecule has 0 fully saturated rings. The molecule has 0 radical (unpaired) electrons. The Morgan fingerprint density at radius 3 is 2.68 bits per heavy atom. The van der Waals surface area contributed by atoms with Gasteiger partial charge in [-0.15, -0.1) is 10.2 Å². The molecule has 0 amide bonds. The zero-order valence-electron chi connectivity index (χ0n) is 10.8. The number of benzene rings is 1. The van der Waals surface area contributed by atoms with Crippen LogP contribution in [-0.2, 0) is 13.2 Å². The van der Waals surface area contributed by atoms with E-state index in [2.05, 4.69) is 40.0 Å². The van der Waals surface area contributed by atoms with Crippen LogP contribution in [0.3, 0.4) is 0 Å². The molecule has 1 heterocycles. The molecule has 0 saturated heterocycles. The highest BCUT2D eigenvalue weighted by atomic mass is 79.9. The third kappa shape index (κ3) is 3.16. The topological polar surface area (TPSA) is 50.9 Å². The van der Waals surface area contributed by atoms with Crippen molar-refractivity contribution in [3.8, 4) is 11.4 Å². The molecular formula is C13H15BrClN3O. The van der Waals surface area contributed by atoms with Gasteiger partial charge in [0.1, 0.15) is 6.61 Å². The van der Waals surface area contributed by atoms with Crippen molar-refractivity contribution in [2.24, 2.45) is 5.92 Å². The molecule has 0 atom stereocenters. The largest absolute Gasteiger partial charge is 0.388 e. The molecule has 0 aliphatic carbocycles. The zero-order valence-corrected chi connectivity index (χ0v) is 13.1. The van der Waals surface area contributed by atoms with Crippen molar-refractivity contribution in [3.05, 3.63) is 33.5 Å². The Morgan fingerprint density at radius 2 is 2.11 bits per heavy atom. The monoisotopic (exact) mass is 343 g/mol. The van der Waals surface area contributed by atoms with E-state index in [4.69, 9.17) is 11.6 Å². The molecule has 4 nitrogen and oxygen atoms in total. The van der Waals surface area contributed by atoms with Crippen molar-refractivity contribution in [1.82, 2.24) is 14.8 Å². The number of rotatable bonds is 4. The maximum absolute atomic E-state index is 9.35. The molecule has 102 valence electrons. The van der Waals surface area contributed by atoms with Gasteiger partial charge in [0, 0.05) is 21.6 Å². The standard InChI is InChI=1S/C13H15BrClN3O/c1-8(2)6-18-12(7-19)16-17-13(18)10-4-3-9(15)5-11(10)14/h3-5,8,19H,6-7H2,1-2H3. The molecule has 2 aromatic rings. The first-order valence-corrected chi connectivity index (χ1v) is 7.18. The second kappa shape index (κ2) is 6.03. The Labute approximate surface area is 125 Å². The molecule has 1 aromatic carbocycles. The Balaban J connectivity index is 2.52. The minimum atomic E-state index is -0.120. The molecule has 0 bridgehead atoms. The lowest BCUT2D eigenvalue weighted by atomic mass is 10.2. The summed E-state index contributed by atoms with van der Waals surface area (Å²) >= 11 is 9.44. The van der Waals surface area contributed by atoms with Gasteiger partial charge >= 0.3 is 0 Å². The predicted octanol–water partition coefficient (Wildman–Crippen LogP) is 3.51. The fourth-order valence-corrected chi connectivity index (χ4v) is 2.74. The van der Waals surface area contributed by atoms with Crippen LogP contribution in [-0.4, -0.2) is 19.9 Å². The summed E-state index contributed by atoms with van der Waals surface area (Å²) in [4.78, 5) is 0. The number of aliphatic hydroxyl groups excluding tert-OH is 1. The molecule has 1 aromatic heterocycles.